The molecule has 0 saturated heterocycles. The van der Waals surface area contributed by atoms with E-state index in [0.717, 1.165) is 23.0 Å². The van der Waals surface area contributed by atoms with Crippen molar-refractivity contribution in [1.82, 2.24) is 13.7 Å². The first-order chi connectivity index (χ1) is 19.9. The molecular formula is C35H35N3O3. The quantitative estimate of drug-likeness (QED) is 0.247. The number of fused-ring (bicyclic) bond motifs is 3. The van der Waals surface area contributed by atoms with Crippen LogP contribution in [0.1, 0.15) is 32.8 Å². The lowest BCUT2D eigenvalue weighted by molar-refractivity contribution is 0.525. The van der Waals surface area contributed by atoms with Gasteiger partial charge >= 0.3 is 0 Å². The summed E-state index contributed by atoms with van der Waals surface area (Å²) in [6, 6.07) is 31.6. The molecule has 6 nitrogen and oxygen atoms in total. The van der Waals surface area contributed by atoms with Crippen molar-refractivity contribution in [3.8, 4) is 0 Å². The van der Waals surface area contributed by atoms with Gasteiger partial charge in [-0.05, 0) is 90.7 Å². The molecule has 0 aliphatic rings. The van der Waals surface area contributed by atoms with Crippen molar-refractivity contribution in [2.24, 2.45) is 5.92 Å². The number of hydrogen-bond donors (Lipinski definition) is 0. The Balaban J connectivity index is 1.93. The highest BCUT2D eigenvalue weighted by atomic mass is 16.1. The third kappa shape index (κ3) is 6.07. The Morgan fingerprint density at radius 2 is 0.951 bits per heavy atom. The molecule has 0 unspecified atom stereocenters. The van der Waals surface area contributed by atoms with E-state index < -0.39 is 0 Å². The van der Waals surface area contributed by atoms with Gasteiger partial charge in [0.2, 0.25) is 0 Å². The van der Waals surface area contributed by atoms with E-state index in [0.29, 0.717) is 41.3 Å². The third-order valence-electron chi connectivity index (χ3n) is 7.19. The summed E-state index contributed by atoms with van der Waals surface area (Å²) in [5, 5.41) is 1.59. The largest absolute Gasteiger partial charge is 0.308 e. The smallest absolute Gasteiger partial charge is 0.258 e. The van der Waals surface area contributed by atoms with E-state index in [1.165, 1.54) is 0 Å². The second kappa shape index (κ2) is 12.2. The van der Waals surface area contributed by atoms with Crippen molar-refractivity contribution in [2.45, 2.75) is 46.8 Å². The second-order valence-electron chi connectivity index (χ2n) is 10.8. The van der Waals surface area contributed by atoms with E-state index in [2.05, 4.69) is 13.8 Å². The van der Waals surface area contributed by atoms with Crippen LogP contribution in [0.2, 0.25) is 0 Å². The molecule has 0 aliphatic heterocycles. The molecule has 8 rings (SSSR count). The maximum absolute atomic E-state index is 13.9. The van der Waals surface area contributed by atoms with Gasteiger partial charge in [-0.15, -0.1) is 0 Å². The Morgan fingerprint density at radius 1 is 0.537 bits per heavy atom. The zero-order chi connectivity index (χ0) is 28.9. The van der Waals surface area contributed by atoms with E-state index in [-0.39, 0.29) is 22.6 Å². The van der Waals surface area contributed by atoms with E-state index in [4.69, 9.17) is 0 Å². The van der Waals surface area contributed by atoms with Gasteiger partial charge in [0, 0.05) is 45.8 Å². The van der Waals surface area contributed by atoms with Crippen LogP contribution >= 0.6 is 0 Å². The molecule has 4 heterocycles. The van der Waals surface area contributed by atoms with Crippen LogP contribution in [-0.4, -0.2) is 13.7 Å². The first-order valence-electron chi connectivity index (χ1n) is 14.2. The molecule has 6 heteroatoms. The number of benzene rings is 4. The number of aryl methyl sites for hydroxylation is 1. The monoisotopic (exact) mass is 545 g/mol. The van der Waals surface area contributed by atoms with Crippen LogP contribution in [-0.2, 0) is 19.6 Å². The molecule has 0 saturated carbocycles. The summed E-state index contributed by atoms with van der Waals surface area (Å²) in [5.74, 6) is 0.235. The molecule has 4 aromatic heterocycles. The van der Waals surface area contributed by atoms with Crippen molar-refractivity contribution >= 4 is 32.7 Å². The van der Waals surface area contributed by atoms with Crippen molar-refractivity contribution < 1.29 is 0 Å². The van der Waals surface area contributed by atoms with Crippen LogP contribution < -0.4 is 16.7 Å². The first kappa shape index (κ1) is 27.8. The molecule has 0 amide bonds. The fraction of sp³-hybridized carbons (Fsp3) is 0.229. The summed E-state index contributed by atoms with van der Waals surface area (Å²) in [5.41, 5.74) is 2.74. The van der Waals surface area contributed by atoms with Crippen LogP contribution in [0.4, 0.5) is 0 Å². The molecule has 0 spiro atoms. The number of rotatable bonds is 6. The van der Waals surface area contributed by atoms with Gasteiger partial charge in [-0.3, -0.25) is 14.4 Å². The minimum Gasteiger partial charge on any atom is -0.308 e. The lowest BCUT2D eigenvalue weighted by Crippen LogP contribution is -2.22. The molecule has 0 aliphatic carbocycles. The molecule has 8 aromatic rings. The van der Waals surface area contributed by atoms with Crippen LogP contribution in [0.15, 0.2) is 118 Å². The summed E-state index contributed by atoms with van der Waals surface area (Å²) >= 11 is 0. The molecule has 0 radical (unpaired) electrons. The third-order valence-corrected chi connectivity index (χ3v) is 7.19. The van der Waals surface area contributed by atoms with Gasteiger partial charge in [0.05, 0.1) is 6.54 Å². The van der Waals surface area contributed by atoms with Gasteiger partial charge < -0.3 is 13.7 Å². The number of aromatic nitrogens is 3. The summed E-state index contributed by atoms with van der Waals surface area (Å²) in [6.45, 7) is 7.61. The Bertz CT molecular complexity index is 1940. The summed E-state index contributed by atoms with van der Waals surface area (Å²) < 4.78 is 5.22. The van der Waals surface area contributed by atoms with Gasteiger partial charge in [0.1, 0.15) is 0 Å². The normalized spacial score (nSPS) is 11.2. The van der Waals surface area contributed by atoms with Crippen LogP contribution in [0.25, 0.3) is 32.7 Å². The van der Waals surface area contributed by atoms with Gasteiger partial charge in [-0.25, -0.2) is 0 Å². The van der Waals surface area contributed by atoms with Gasteiger partial charge in [0.25, 0.3) is 16.7 Å². The highest BCUT2D eigenvalue weighted by Crippen LogP contribution is 2.11. The minimum absolute atomic E-state index is 0.126. The lowest BCUT2D eigenvalue weighted by Gasteiger charge is -2.11. The standard InChI is InChI=1S/C35H35N3O3/c1-4-22-36-30-16-10-28(11-17-30)34(40)37(23-25(2)3)31-18-14-29(15-19-31)35(41)38(24-26-8-6-5-7-9-26)32-20-12-27(13-21-32)33(36)39/h5-21,25H,4,22-24H2,1-3H3. The predicted octanol–water partition coefficient (Wildman–Crippen LogP) is 6.43. The maximum atomic E-state index is 13.9. The molecule has 4 aromatic carbocycles. The van der Waals surface area contributed by atoms with E-state index in [1.54, 1.807) is 50.1 Å². The summed E-state index contributed by atoms with van der Waals surface area (Å²) in [6.07, 6.45) is 0.779. The molecule has 0 atom stereocenters. The lowest BCUT2D eigenvalue weighted by atomic mass is 10.2. The van der Waals surface area contributed by atoms with Crippen molar-refractivity contribution in [3.05, 3.63) is 140 Å². The Hall–Kier alpha value is -4.71. The van der Waals surface area contributed by atoms with E-state index >= 15 is 0 Å². The average Bonchev–Trinajstić information content (AvgIpc) is 3.01. The van der Waals surface area contributed by atoms with Gasteiger partial charge in [-0.1, -0.05) is 51.1 Å². The van der Waals surface area contributed by atoms with Gasteiger partial charge in [0.15, 0.2) is 0 Å². The van der Waals surface area contributed by atoms with Crippen molar-refractivity contribution in [1.29, 1.82) is 0 Å². The summed E-state index contributed by atoms with van der Waals surface area (Å²) in [7, 11) is 0. The second-order valence-corrected chi connectivity index (χ2v) is 10.8. The van der Waals surface area contributed by atoms with Crippen LogP contribution in [0.5, 0.6) is 0 Å². The van der Waals surface area contributed by atoms with Gasteiger partial charge in [-0.2, -0.15) is 0 Å². The van der Waals surface area contributed by atoms with Crippen LogP contribution in [0, 0.1) is 5.92 Å². The molecular weight excluding hydrogens is 510 g/mol. The number of nitrogens with zero attached hydrogens (tertiary/aromatic N) is 3. The molecule has 41 heavy (non-hydrogen) atoms. The SMILES string of the molecule is CCCn1c(=O)c2ccc(cc2)n(Cc2ccccc2)c(=O)c2ccc(cc2)n(CC(C)C)c(=O)c2ccc1cc2. The van der Waals surface area contributed by atoms with Crippen LogP contribution in [0.3, 0.4) is 0 Å². The Labute approximate surface area is 238 Å². The van der Waals surface area contributed by atoms with Crippen molar-refractivity contribution in [3.63, 3.8) is 0 Å². The highest BCUT2D eigenvalue weighted by Gasteiger charge is 2.07. The predicted molar refractivity (Wildman–Crippen MR) is 169 cm³/mol. The fourth-order valence-electron chi connectivity index (χ4n) is 5.11. The average molecular weight is 546 g/mol. The molecule has 0 fully saturated rings. The van der Waals surface area contributed by atoms with E-state index in [1.807, 2.05) is 73.7 Å². The Kier molecular flexibility index (Phi) is 8.29. The van der Waals surface area contributed by atoms with Crippen molar-refractivity contribution in [2.75, 3.05) is 0 Å². The molecule has 6 bridgehead atoms. The highest BCUT2D eigenvalue weighted by molar-refractivity contribution is 5.65. The Morgan fingerprint density at radius 3 is 1.41 bits per heavy atom. The summed E-state index contributed by atoms with van der Waals surface area (Å²) in [4.78, 5) is 41.3. The zero-order valence-electron chi connectivity index (χ0n) is 23.8. The fourth-order valence-corrected chi connectivity index (χ4v) is 5.11. The topological polar surface area (TPSA) is 66.0 Å². The number of hydrogen-bond acceptors (Lipinski definition) is 3. The minimum atomic E-state index is -0.162. The maximum Gasteiger partial charge on any atom is 0.258 e. The zero-order valence-corrected chi connectivity index (χ0v) is 23.8. The van der Waals surface area contributed by atoms with E-state index in [9.17, 15) is 14.4 Å². The first-order valence-corrected chi connectivity index (χ1v) is 14.2. The molecule has 208 valence electrons. The molecule has 0 N–H and O–H groups in total.